The third kappa shape index (κ3) is 3.05. The van der Waals surface area contributed by atoms with Gasteiger partial charge in [0, 0.05) is 18.3 Å². The number of hydrogen-bond donors (Lipinski definition) is 1. The fraction of sp³-hybridized carbons (Fsp3) is 0.357. The van der Waals surface area contributed by atoms with Crippen LogP contribution >= 0.6 is 0 Å². The van der Waals surface area contributed by atoms with E-state index in [4.69, 9.17) is 4.74 Å². The Bertz CT molecular complexity index is 566. The molecule has 0 aliphatic carbocycles. The lowest BCUT2D eigenvalue weighted by molar-refractivity contribution is 0.386. The van der Waals surface area contributed by atoms with E-state index in [0.29, 0.717) is 6.54 Å². The zero-order chi connectivity index (χ0) is 13.8. The van der Waals surface area contributed by atoms with Gasteiger partial charge in [0.2, 0.25) is 0 Å². The Morgan fingerprint density at radius 2 is 2.16 bits per heavy atom. The third-order valence-corrected chi connectivity index (χ3v) is 2.91. The minimum atomic E-state index is -0.368. The van der Waals surface area contributed by atoms with Crippen molar-refractivity contribution in [1.29, 1.82) is 0 Å². The highest BCUT2D eigenvalue weighted by molar-refractivity contribution is 5.47. The lowest BCUT2D eigenvalue weighted by Crippen LogP contribution is -2.08. The number of methoxy groups -OCH3 is 1. The molecule has 0 saturated carbocycles. The quantitative estimate of drug-likeness (QED) is 0.901. The standard InChI is InChI=1S/C14H18FN3O/c1-4-18-12(7-10(2)17-18)9-16-11-5-6-14(19-3)13(15)8-11/h5-8,16H,4,9H2,1-3H3. The number of aromatic nitrogens is 2. The van der Waals surface area contributed by atoms with Crippen molar-refractivity contribution in [2.24, 2.45) is 0 Å². The molecule has 0 aliphatic heterocycles. The van der Waals surface area contributed by atoms with E-state index in [0.717, 1.165) is 23.6 Å². The van der Waals surface area contributed by atoms with Gasteiger partial charge >= 0.3 is 0 Å². The van der Waals surface area contributed by atoms with E-state index >= 15 is 0 Å². The van der Waals surface area contributed by atoms with Crippen molar-refractivity contribution in [2.45, 2.75) is 26.9 Å². The van der Waals surface area contributed by atoms with Crippen molar-refractivity contribution >= 4 is 5.69 Å². The molecule has 0 amide bonds. The van der Waals surface area contributed by atoms with E-state index in [1.54, 1.807) is 12.1 Å². The van der Waals surface area contributed by atoms with E-state index in [2.05, 4.69) is 10.4 Å². The molecule has 1 aromatic carbocycles. The predicted octanol–water partition coefficient (Wildman–Crippen LogP) is 2.97. The van der Waals surface area contributed by atoms with Crippen molar-refractivity contribution in [2.75, 3.05) is 12.4 Å². The summed E-state index contributed by atoms with van der Waals surface area (Å²) in [4.78, 5) is 0. The Morgan fingerprint density at radius 3 is 2.79 bits per heavy atom. The predicted molar refractivity (Wildman–Crippen MR) is 72.9 cm³/mol. The first-order valence-corrected chi connectivity index (χ1v) is 6.24. The zero-order valence-corrected chi connectivity index (χ0v) is 11.4. The molecular formula is C14H18FN3O. The zero-order valence-electron chi connectivity index (χ0n) is 11.4. The topological polar surface area (TPSA) is 39.1 Å². The van der Waals surface area contributed by atoms with Crippen LogP contribution in [0.1, 0.15) is 18.3 Å². The van der Waals surface area contributed by atoms with E-state index < -0.39 is 0 Å². The largest absolute Gasteiger partial charge is 0.494 e. The Balaban J connectivity index is 2.07. The molecule has 0 fully saturated rings. The first-order chi connectivity index (χ1) is 9.13. The fourth-order valence-electron chi connectivity index (χ4n) is 1.98. The molecule has 2 rings (SSSR count). The van der Waals surface area contributed by atoms with Crippen LogP contribution in [-0.4, -0.2) is 16.9 Å². The van der Waals surface area contributed by atoms with Crippen molar-refractivity contribution < 1.29 is 9.13 Å². The Kier molecular flexibility index (Phi) is 4.04. The lowest BCUT2D eigenvalue weighted by Gasteiger charge is -2.09. The Labute approximate surface area is 112 Å². The number of hydrogen-bond acceptors (Lipinski definition) is 3. The maximum absolute atomic E-state index is 13.5. The second kappa shape index (κ2) is 5.73. The van der Waals surface area contributed by atoms with Gasteiger partial charge in [-0.05, 0) is 32.0 Å². The van der Waals surface area contributed by atoms with Crippen LogP contribution in [0.2, 0.25) is 0 Å². The minimum absolute atomic E-state index is 0.250. The summed E-state index contributed by atoms with van der Waals surface area (Å²) in [5.74, 6) is -0.118. The number of aryl methyl sites for hydroxylation is 2. The normalized spacial score (nSPS) is 10.5. The van der Waals surface area contributed by atoms with Crippen molar-refractivity contribution in [3.05, 3.63) is 41.5 Å². The van der Waals surface area contributed by atoms with Crippen molar-refractivity contribution in [3.8, 4) is 5.75 Å². The van der Waals surface area contributed by atoms with E-state index in [1.165, 1.54) is 13.2 Å². The number of rotatable bonds is 5. The molecule has 0 atom stereocenters. The summed E-state index contributed by atoms with van der Waals surface area (Å²) in [6, 6.07) is 6.86. The van der Waals surface area contributed by atoms with Gasteiger partial charge < -0.3 is 10.1 Å². The molecule has 5 heteroatoms. The smallest absolute Gasteiger partial charge is 0.167 e. The summed E-state index contributed by atoms with van der Waals surface area (Å²) in [5, 5.41) is 7.55. The highest BCUT2D eigenvalue weighted by Gasteiger charge is 2.06. The van der Waals surface area contributed by atoms with Crippen LogP contribution in [0.3, 0.4) is 0 Å². The number of nitrogens with one attached hydrogen (secondary N) is 1. The van der Waals surface area contributed by atoms with E-state index in [9.17, 15) is 4.39 Å². The summed E-state index contributed by atoms with van der Waals surface area (Å²) in [6.07, 6.45) is 0. The van der Waals surface area contributed by atoms with Gasteiger partial charge in [0.05, 0.1) is 25.0 Å². The molecule has 2 aromatic rings. The molecule has 1 N–H and O–H groups in total. The molecule has 4 nitrogen and oxygen atoms in total. The van der Waals surface area contributed by atoms with Crippen LogP contribution < -0.4 is 10.1 Å². The van der Waals surface area contributed by atoms with Crippen LogP contribution in [0.5, 0.6) is 5.75 Å². The summed E-state index contributed by atoms with van der Waals surface area (Å²) >= 11 is 0. The summed E-state index contributed by atoms with van der Waals surface area (Å²) < 4.78 is 20.4. The summed E-state index contributed by atoms with van der Waals surface area (Å²) in [7, 11) is 1.45. The molecule has 0 saturated heterocycles. The first-order valence-electron chi connectivity index (χ1n) is 6.24. The van der Waals surface area contributed by atoms with E-state index in [-0.39, 0.29) is 11.6 Å². The van der Waals surface area contributed by atoms with Gasteiger partial charge in [-0.2, -0.15) is 5.10 Å². The molecule has 102 valence electrons. The SMILES string of the molecule is CCn1nc(C)cc1CNc1ccc(OC)c(F)c1. The maximum atomic E-state index is 13.5. The molecule has 0 radical (unpaired) electrons. The van der Waals surface area contributed by atoms with Crippen LogP contribution in [0.4, 0.5) is 10.1 Å². The fourth-order valence-corrected chi connectivity index (χ4v) is 1.98. The first kappa shape index (κ1) is 13.4. The number of anilines is 1. The molecule has 1 aromatic heterocycles. The van der Waals surface area contributed by atoms with Crippen LogP contribution in [0.25, 0.3) is 0 Å². The van der Waals surface area contributed by atoms with Crippen LogP contribution in [-0.2, 0) is 13.1 Å². The van der Waals surface area contributed by atoms with E-state index in [1.807, 2.05) is 24.6 Å². The van der Waals surface area contributed by atoms with Gasteiger partial charge in [-0.1, -0.05) is 0 Å². The summed E-state index contributed by atoms with van der Waals surface area (Å²) in [5.41, 5.74) is 2.79. The number of nitrogens with zero attached hydrogens (tertiary/aromatic N) is 2. The second-order valence-corrected chi connectivity index (χ2v) is 4.30. The van der Waals surface area contributed by atoms with Gasteiger partial charge in [-0.25, -0.2) is 4.39 Å². The maximum Gasteiger partial charge on any atom is 0.167 e. The molecule has 19 heavy (non-hydrogen) atoms. The summed E-state index contributed by atoms with van der Waals surface area (Å²) in [6.45, 7) is 5.44. The van der Waals surface area contributed by atoms with Crippen LogP contribution in [0, 0.1) is 12.7 Å². The molecule has 0 spiro atoms. The minimum Gasteiger partial charge on any atom is -0.494 e. The highest BCUT2D eigenvalue weighted by Crippen LogP contribution is 2.21. The average molecular weight is 263 g/mol. The molecule has 0 bridgehead atoms. The van der Waals surface area contributed by atoms with Crippen LogP contribution in [0.15, 0.2) is 24.3 Å². The number of ether oxygens (including phenoxy) is 1. The molecule has 0 aliphatic rings. The average Bonchev–Trinajstić information content (AvgIpc) is 2.77. The van der Waals surface area contributed by atoms with Gasteiger partial charge in [0.1, 0.15) is 0 Å². The highest BCUT2D eigenvalue weighted by atomic mass is 19.1. The van der Waals surface area contributed by atoms with Gasteiger partial charge in [0.15, 0.2) is 11.6 Å². The number of halogens is 1. The monoisotopic (exact) mass is 263 g/mol. The van der Waals surface area contributed by atoms with Gasteiger partial charge in [-0.15, -0.1) is 0 Å². The number of benzene rings is 1. The lowest BCUT2D eigenvalue weighted by atomic mass is 10.2. The van der Waals surface area contributed by atoms with Crippen molar-refractivity contribution in [1.82, 2.24) is 9.78 Å². The van der Waals surface area contributed by atoms with Crippen molar-refractivity contribution in [3.63, 3.8) is 0 Å². The Morgan fingerprint density at radius 1 is 1.37 bits per heavy atom. The second-order valence-electron chi connectivity index (χ2n) is 4.30. The van der Waals surface area contributed by atoms with Gasteiger partial charge in [-0.3, -0.25) is 4.68 Å². The molecule has 0 unspecified atom stereocenters. The molecule has 1 heterocycles. The molecular weight excluding hydrogens is 245 g/mol. The third-order valence-electron chi connectivity index (χ3n) is 2.91. The Hall–Kier alpha value is -2.04. The van der Waals surface area contributed by atoms with Gasteiger partial charge in [0.25, 0.3) is 0 Å².